The van der Waals surface area contributed by atoms with Crippen molar-refractivity contribution in [2.75, 3.05) is 0 Å². The quantitative estimate of drug-likeness (QED) is 0.847. The van der Waals surface area contributed by atoms with Gasteiger partial charge in [0.1, 0.15) is 11.3 Å². The van der Waals surface area contributed by atoms with Crippen molar-refractivity contribution in [3.05, 3.63) is 39.1 Å². The number of carboxylic acid groups (broad SMARTS) is 1. The maximum Gasteiger partial charge on any atom is 0.341 e. The summed E-state index contributed by atoms with van der Waals surface area (Å²) in [4.78, 5) is 11.6. The summed E-state index contributed by atoms with van der Waals surface area (Å²) in [6, 6.07) is 3.27. The second-order valence-electron chi connectivity index (χ2n) is 5.87. The van der Waals surface area contributed by atoms with Crippen LogP contribution >= 0.6 is 23.2 Å². The SMILES string of the molecule is Cc1cc(Cl)cc(Cl)c1-c1noc(C(C)(C)C)c1C(=O)O. The van der Waals surface area contributed by atoms with Crippen LogP contribution in [0.15, 0.2) is 16.7 Å². The van der Waals surface area contributed by atoms with Crippen LogP contribution in [0, 0.1) is 6.92 Å². The Morgan fingerprint density at radius 3 is 2.38 bits per heavy atom. The van der Waals surface area contributed by atoms with Crippen molar-refractivity contribution in [3.8, 4) is 11.3 Å². The van der Waals surface area contributed by atoms with Crippen molar-refractivity contribution in [2.24, 2.45) is 0 Å². The minimum atomic E-state index is -1.10. The van der Waals surface area contributed by atoms with Gasteiger partial charge >= 0.3 is 5.97 Å². The van der Waals surface area contributed by atoms with Crippen LogP contribution in [0.3, 0.4) is 0 Å². The van der Waals surface area contributed by atoms with E-state index in [0.29, 0.717) is 21.4 Å². The molecule has 1 heterocycles. The Hall–Kier alpha value is -1.52. The molecule has 0 spiro atoms. The number of halogens is 2. The Morgan fingerprint density at radius 1 is 1.29 bits per heavy atom. The maximum absolute atomic E-state index is 11.6. The highest BCUT2D eigenvalue weighted by Gasteiger charge is 2.32. The number of carbonyl (C=O) groups is 1. The van der Waals surface area contributed by atoms with E-state index >= 15 is 0 Å². The van der Waals surface area contributed by atoms with Crippen molar-refractivity contribution in [2.45, 2.75) is 33.1 Å². The zero-order valence-electron chi connectivity index (χ0n) is 12.1. The molecule has 1 aromatic carbocycles. The van der Waals surface area contributed by atoms with Gasteiger partial charge < -0.3 is 9.63 Å². The van der Waals surface area contributed by atoms with E-state index in [1.165, 1.54) is 0 Å². The molecule has 0 radical (unpaired) electrons. The number of benzene rings is 1. The van der Waals surface area contributed by atoms with Gasteiger partial charge in [0, 0.05) is 16.0 Å². The van der Waals surface area contributed by atoms with Crippen LogP contribution in [0.4, 0.5) is 0 Å². The third-order valence-corrected chi connectivity index (χ3v) is 3.59. The minimum Gasteiger partial charge on any atom is -0.477 e. The fraction of sp³-hybridized carbons (Fsp3) is 0.333. The van der Waals surface area contributed by atoms with Crippen molar-refractivity contribution in [1.82, 2.24) is 5.16 Å². The molecule has 2 aromatic rings. The second-order valence-corrected chi connectivity index (χ2v) is 6.71. The monoisotopic (exact) mass is 327 g/mol. The summed E-state index contributed by atoms with van der Waals surface area (Å²) in [5.74, 6) is -0.781. The van der Waals surface area contributed by atoms with Gasteiger partial charge in [-0.1, -0.05) is 49.1 Å². The average Bonchev–Trinajstić information content (AvgIpc) is 2.71. The van der Waals surface area contributed by atoms with Gasteiger partial charge in [-0.05, 0) is 24.6 Å². The Kier molecular flexibility index (Phi) is 4.04. The van der Waals surface area contributed by atoms with Crippen molar-refractivity contribution >= 4 is 29.2 Å². The summed E-state index contributed by atoms with van der Waals surface area (Å²) in [6.45, 7) is 7.38. The average molecular weight is 328 g/mol. The van der Waals surface area contributed by atoms with E-state index in [-0.39, 0.29) is 11.3 Å². The molecule has 4 nitrogen and oxygen atoms in total. The lowest BCUT2D eigenvalue weighted by molar-refractivity contribution is 0.0693. The zero-order valence-corrected chi connectivity index (χ0v) is 13.6. The molecule has 1 N–H and O–H groups in total. The molecule has 2 rings (SSSR count). The predicted molar refractivity (Wildman–Crippen MR) is 82.4 cm³/mol. The molecular formula is C15H15Cl2NO3. The Labute approximate surface area is 132 Å². The standard InChI is InChI=1S/C15H15Cl2NO3/c1-7-5-8(16)6-9(17)10(7)12-11(14(19)20)13(21-18-12)15(2,3)4/h5-6H,1-4H3,(H,19,20). The van der Waals surface area contributed by atoms with E-state index < -0.39 is 11.4 Å². The number of aromatic nitrogens is 1. The summed E-state index contributed by atoms with van der Waals surface area (Å²) in [5, 5.41) is 14.3. The molecule has 0 bridgehead atoms. The fourth-order valence-electron chi connectivity index (χ4n) is 2.17. The third kappa shape index (κ3) is 2.92. The first-order valence-corrected chi connectivity index (χ1v) is 7.08. The van der Waals surface area contributed by atoms with Gasteiger partial charge in [0.05, 0.1) is 5.02 Å². The molecule has 0 aliphatic rings. The fourth-order valence-corrected chi connectivity index (χ4v) is 2.86. The third-order valence-electron chi connectivity index (χ3n) is 3.08. The number of aromatic carboxylic acids is 1. The molecule has 0 saturated carbocycles. The molecule has 0 fully saturated rings. The number of hydrogen-bond donors (Lipinski definition) is 1. The Balaban J connectivity index is 2.78. The van der Waals surface area contributed by atoms with E-state index in [2.05, 4.69) is 5.16 Å². The smallest absolute Gasteiger partial charge is 0.341 e. The summed E-state index contributed by atoms with van der Waals surface area (Å²) >= 11 is 12.2. The van der Waals surface area contributed by atoms with Gasteiger partial charge in [-0.25, -0.2) is 4.79 Å². The van der Waals surface area contributed by atoms with Crippen LogP contribution < -0.4 is 0 Å². The first-order valence-electron chi connectivity index (χ1n) is 6.32. The lowest BCUT2D eigenvalue weighted by Crippen LogP contribution is -2.15. The van der Waals surface area contributed by atoms with Crippen LogP contribution in [0.5, 0.6) is 0 Å². The van der Waals surface area contributed by atoms with Crippen LogP contribution in [0.25, 0.3) is 11.3 Å². The lowest BCUT2D eigenvalue weighted by atomic mass is 9.88. The van der Waals surface area contributed by atoms with Gasteiger partial charge in [0.15, 0.2) is 5.76 Å². The first-order chi connectivity index (χ1) is 9.62. The Bertz CT molecular complexity index is 691. The second kappa shape index (κ2) is 5.35. The van der Waals surface area contributed by atoms with Gasteiger partial charge in [0.25, 0.3) is 0 Å². The molecular weight excluding hydrogens is 313 g/mol. The largest absolute Gasteiger partial charge is 0.477 e. The number of carboxylic acids is 1. The van der Waals surface area contributed by atoms with E-state index in [0.717, 1.165) is 5.56 Å². The molecule has 0 amide bonds. The molecule has 21 heavy (non-hydrogen) atoms. The van der Waals surface area contributed by atoms with E-state index in [1.807, 2.05) is 20.8 Å². The van der Waals surface area contributed by atoms with E-state index in [4.69, 9.17) is 27.7 Å². The van der Waals surface area contributed by atoms with Crippen molar-refractivity contribution in [1.29, 1.82) is 0 Å². The number of aryl methyl sites for hydroxylation is 1. The van der Waals surface area contributed by atoms with Crippen LogP contribution in [-0.4, -0.2) is 16.2 Å². The molecule has 0 aliphatic heterocycles. The molecule has 112 valence electrons. The summed E-state index contributed by atoms with van der Waals surface area (Å²) in [6.07, 6.45) is 0. The highest BCUT2D eigenvalue weighted by Crippen LogP contribution is 2.38. The minimum absolute atomic E-state index is 0.0369. The van der Waals surface area contributed by atoms with Crippen molar-refractivity contribution < 1.29 is 14.4 Å². The lowest BCUT2D eigenvalue weighted by Gasteiger charge is -2.15. The highest BCUT2D eigenvalue weighted by atomic mass is 35.5. The maximum atomic E-state index is 11.6. The first kappa shape index (κ1) is 15.9. The highest BCUT2D eigenvalue weighted by molar-refractivity contribution is 6.36. The molecule has 0 atom stereocenters. The zero-order chi connectivity index (χ0) is 15.9. The molecule has 0 unspecified atom stereocenters. The molecule has 1 aromatic heterocycles. The molecule has 6 heteroatoms. The van der Waals surface area contributed by atoms with Gasteiger partial charge in [-0.3, -0.25) is 0 Å². The summed E-state index contributed by atoms with van der Waals surface area (Å²) < 4.78 is 5.29. The number of rotatable bonds is 2. The number of hydrogen-bond acceptors (Lipinski definition) is 3. The number of nitrogens with zero attached hydrogens (tertiary/aromatic N) is 1. The van der Waals surface area contributed by atoms with Crippen molar-refractivity contribution in [3.63, 3.8) is 0 Å². The van der Waals surface area contributed by atoms with Gasteiger partial charge in [-0.2, -0.15) is 0 Å². The van der Waals surface area contributed by atoms with Gasteiger partial charge in [0.2, 0.25) is 0 Å². The predicted octanol–water partition coefficient (Wildman–Crippen LogP) is 4.95. The topological polar surface area (TPSA) is 63.3 Å². The van der Waals surface area contributed by atoms with Crippen LogP contribution in [0.1, 0.15) is 42.5 Å². The van der Waals surface area contributed by atoms with Gasteiger partial charge in [-0.15, -0.1) is 0 Å². The summed E-state index contributed by atoms with van der Waals surface area (Å²) in [7, 11) is 0. The van der Waals surface area contributed by atoms with E-state index in [9.17, 15) is 9.90 Å². The normalized spacial score (nSPS) is 11.7. The Morgan fingerprint density at radius 2 is 1.90 bits per heavy atom. The molecule has 0 saturated heterocycles. The van der Waals surface area contributed by atoms with E-state index in [1.54, 1.807) is 19.1 Å². The summed E-state index contributed by atoms with van der Waals surface area (Å²) in [5.41, 5.74) is 1.05. The van der Waals surface area contributed by atoms with Crippen LogP contribution in [-0.2, 0) is 5.41 Å². The van der Waals surface area contributed by atoms with Crippen LogP contribution in [0.2, 0.25) is 10.0 Å². The molecule has 0 aliphatic carbocycles.